The third kappa shape index (κ3) is 7.21. The number of hydrogen-bond acceptors (Lipinski definition) is 3. The van der Waals surface area contributed by atoms with E-state index in [9.17, 15) is 0 Å². The average molecular weight is 333 g/mol. The molecular weight excluding hydrogens is 302 g/mol. The van der Waals surface area contributed by atoms with Crippen molar-refractivity contribution in [2.75, 3.05) is 33.4 Å². The molecule has 0 aromatic heterocycles. The van der Waals surface area contributed by atoms with Gasteiger partial charge in [0.05, 0.1) is 13.7 Å². The minimum Gasteiger partial charge on any atom is -0.497 e. The van der Waals surface area contributed by atoms with E-state index in [4.69, 9.17) is 9.47 Å². The molecule has 0 heterocycles. The SMILES string of the molecule is CCNC(=NCc1cc(C)cc(OC)c1)NCCCOCC1CC1. The number of nitrogens with zero attached hydrogens (tertiary/aromatic N) is 1. The lowest BCUT2D eigenvalue weighted by Crippen LogP contribution is -2.38. The molecule has 1 fully saturated rings. The van der Waals surface area contributed by atoms with Crippen LogP contribution in [0, 0.1) is 12.8 Å². The summed E-state index contributed by atoms with van der Waals surface area (Å²) in [5.41, 5.74) is 2.34. The first kappa shape index (κ1) is 18.6. The van der Waals surface area contributed by atoms with Gasteiger partial charge in [-0.25, -0.2) is 4.99 Å². The van der Waals surface area contributed by atoms with Gasteiger partial charge in [0.25, 0.3) is 0 Å². The first-order valence-electron chi connectivity index (χ1n) is 8.95. The van der Waals surface area contributed by atoms with Crippen molar-refractivity contribution in [1.29, 1.82) is 0 Å². The Morgan fingerprint density at radius 2 is 2.08 bits per heavy atom. The van der Waals surface area contributed by atoms with Gasteiger partial charge in [-0.2, -0.15) is 0 Å². The fourth-order valence-electron chi connectivity index (χ4n) is 2.46. The quantitative estimate of drug-likeness (QED) is 0.393. The molecule has 0 spiro atoms. The number of hydrogen-bond donors (Lipinski definition) is 2. The topological polar surface area (TPSA) is 54.9 Å². The summed E-state index contributed by atoms with van der Waals surface area (Å²) in [5, 5.41) is 6.65. The molecule has 0 bridgehead atoms. The number of aliphatic imine (C=N–C) groups is 1. The number of rotatable bonds is 10. The van der Waals surface area contributed by atoms with Crippen molar-refractivity contribution < 1.29 is 9.47 Å². The van der Waals surface area contributed by atoms with Gasteiger partial charge >= 0.3 is 0 Å². The standard InChI is InChI=1S/C19H31N3O2/c1-4-20-19(21-8-5-9-24-14-16-6-7-16)22-13-17-10-15(2)11-18(12-17)23-3/h10-12,16H,4-9,13-14H2,1-3H3,(H2,20,21,22). The van der Waals surface area contributed by atoms with Crippen LogP contribution in [0.2, 0.25) is 0 Å². The Balaban J connectivity index is 1.75. The first-order valence-corrected chi connectivity index (χ1v) is 8.95. The molecule has 0 unspecified atom stereocenters. The van der Waals surface area contributed by atoms with Gasteiger partial charge in [-0.05, 0) is 62.3 Å². The van der Waals surface area contributed by atoms with E-state index in [0.717, 1.165) is 55.9 Å². The Bertz CT molecular complexity index is 527. The van der Waals surface area contributed by atoms with Gasteiger partial charge in [0, 0.05) is 26.3 Å². The van der Waals surface area contributed by atoms with E-state index in [0.29, 0.717) is 6.54 Å². The highest BCUT2D eigenvalue weighted by atomic mass is 16.5. The van der Waals surface area contributed by atoms with E-state index < -0.39 is 0 Å². The average Bonchev–Trinajstić information content (AvgIpc) is 3.39. The second-order valence-electron chi connectivity index (χ2n) is 6.35. The van der Waals surface area contributed by atoms with E-state index in [-0.39, 0.29) is 0 Å². The third-order valence-electron chi connectivity index (χ3n) is 3.92. The summed E-state index contributed by atoms with van der Waals surface area (Å²) in [4.78, 5) is 4.65. The second kappa shape index (κ2) is 10.2. The van der Waals surface area contributed by atoms with Crippen LogP contribution >= 0.6 is 0 Å². The van der Waals surface area contributed by atoms with Crippen molar-refractivity contribution >= 4 is 5.96 Å². The van der Waals surface area contributed by atoms with Gasteiger partial charge in [0.15, 0.2) is 5.96 Å². The highest BCUT2D eigenvalue weighted by molar-refractivity contribution is 5.79. The zero-order chi connectivity index (χ0) is 17.2. The lowest BCUT2D eigenvalue weighted by molar-refractivity contribution is 0.123. The molecule has 0 aliphatic heterocycles. The van der Waals surface area contributed by atoms with Crippen LogP contribution in [0.5, 0.6) is 5.75 Å². The van der Waals surface area contributed by atoms with Crippen molar-refractivity contribution in [2.45, 2.75) is 39.7 Å². The monoisotopic (exact) mass is 333 g/mol. The molecule has 134 valence electrons. The summed E-state index contributed by atoms with van der Waals surface area (Å²) >= 11 is 0. The molecule has 0 radical (unpaired) electrons. The van der Waals surface area contributed by atoms with Crippen LogP contribution in [0.15, 0.2) is 23.2 Å². The van der Waals surface area contributed by atoms with Crippen LogP contribution in [0.25, 0.3) is 0 Å². The molecule has 5 heteroatoms. The molecule has 0 saturated heterocycles. The van der Waals surface area contributed by atoms with Crippen molar-refractivity contribution in [1.82, 2.24) is 10.6 Å². The Morgan fingerprint density at radius 3 is 2.79 bits per heavy atom. The summed E-state index contributed by atoms with van der Waals surface area (Å²) in [6.45, 7) is 8.24. The molecule has 24 heavy (non-hydrogen) atoms. The van der Waals surface area contributed by atoms with Gasteiger partial charge in [0.1, 0.15) is 5.75 Å². The smallest absolute Gasteiger partial charge is 0.191 e. The number of aryl methyl sites for hydroxylation is 1. The number of benzene rings is 1. The largest absolute Gasteiger partial charge is 0.497 e. The number of nitrogens with one attached hydrogen (secondary N) is 2. The van der Waals surface area contributed by atoms with Crippen LogP contribution in [-0.2, 0) is 11.3 Å². The number of methoxy groups -OCH3 is 1. The molecule has 1 saturated carbocycles. The van der Waals surface area contributed by atoms with Crippen LogP contribution in [0.1, 0.15) is 37.3 Å². The van der Waals surface area contributed by atoms with E-state index in [1.807, 2.05) is 12.1 Å². The van der Waals surface area contributed by atoms with Crippen molar-refractivity contribution in [3.8, 4) is 5.75 Å². The predicted octanol–water partition coefficient (Wildman–Crippen LogP) is 2.88. The highest BCUT2D eigenvalue weighted by Gasteiger charge is 2.20. The van der Waals surface area contributed by atoms with Gasteiger partial charge in [-0.3, -0.25) is 0 Å². The molecule has 1 aromatic carbocycles. The second-order valence-corrected chi connectivity index (χ2v) is 6.35. The highest BCUT2D eigenvalue weighted by Crippen LogP contribution is 2.28. The van der Waals surface area contributed by atoms with Crippen LogP contribution in [-0.4, -0.2) is 39.4 Å². The molecule has 0 amide bonds. The molecule has 0 atom stereocenters. The maximum Gasteiger partial charge on any atom is 0.191 e. The van der Waals surface area contributed by atoms with Crippen molar-refractivity contribution in [2.24, 2.45) is 10.9 Å². The molecule has 5 nitrogen and oxygen atoms in total. The van der Waals surface area contributed by atoms with Gasteiger partial charge in [-0.1, -0.05) is 6.07 Å². The maximum absolute atomic E-state index is 5.65. The van der Waals surface area contributed by atoms with Gasteiger partial charge in [-0.15, -0.1) is 0 Å². The zero-order valence-corrected chi connectivity index (χ0v) is 15.2. The van der Waals surface area contributed by atoms with Gasteiger partial charge < -0.3 is 20.1 Å². The van der Waals surface area contributed by atoms with Crippen LogP contribution < -0.4 is 15.4 Å². The van der Waals surface area contributed by atoms with Crippen molar-refractivity contribution in [3.63, 3.8) is 0 Å². The molecule has 1 aliphatic rings. The van der Waals surface area contributed by atoms with E-state index in [2.05, 4.69) is 35.5 Å². The lowest BCUT2D eigenvalue weighted by Gasteiger charge is -2.12. The summed E-state index contributed by atoms with van der Waals surface area (Å²) < 4.78 is 11.0. The summed E-state index contributed by atoms with van der Waals surface area (Å²) in [7, 11) is 1.69. The number of guanidine groups is 1. The normalized spacial score (nSPS) is 14.5. The van der Waals surface area contributed by atoms with Crippen LogP contribution in [0.4, 0.5) is 0 Å². The third-order valence-corrected chi connectivity index (χ3v) is 3.92. The van der Waals surface area contributed by atoms with E-state index >= 15 is 0 Å². The van der Waals surface area contributed by atoms with E-state index in [1.54, 1.807) is 7.11 Å². The summed E-state index contributed by atoms with van der Waals surface area (Å²) in [5.74, 6) is 2.56. The molecule has 1 aromatic rings. The number of ether oxygens (including phenoxy) is 2. The Hall–Kier alpha value is -1.75. The Kier molecular flexibility index (Phi) is 7.89. The summed E-state index contributed by atoms with van der Waals surface area (Å²) in [6, 6.07) is 6.20. The fourth-order valence-corrected chi connectivity index (χ4v) is 2.46. The Labute approximate surface area is 145 Å². The predicted molar refractivity (Wildman–Crippen MR) is 98.7 cm³/mol. The molecule has 2 rings (SSSR count). The Morgan fingerprint density at radius 1 is 1.25 bits per heavy atom. The lowest BCUT2D eigenvalue weighted by atomic mass is 10.1. The molecule has 2 N–H and O–H groups in total. The fraction of sp³-hybridized carbons (Fsp3) is 0.632. The van der Waals surface area contributed by atoms with Gasteiger partial charge in [0.2, 0.25) is 0 Å². The van der Waals surface area contributed by atoms with E-state index in [1.165, 1.54) is 18.4 Å². The maximum atomic E-state index is 5.65. The first-order chi connectivity index (χ1) is 11.7. The zero-order valence-electron chi connectivity index (χ0n) is 15.2. The molecular formula is C19H31N3O2. The van der Waals surface area contributed by atoms with Crippen molar-refractivity contribution in [3.05, 3.63) is 29.3 Å². The molecule has 1 aliphatic carbocycles. The minimum atomic E-state index is 0.631. The summed E-state index contributed by atoms with van der Waals surface area (Å²) in [6.07, 6.45) is 3.69. The van der Waals surface area contributed by atoms with Crippen LogP contribution in [0.3, 0.4) is 0 Å². The minimum absolute atomic E-state index is 0.631.